The normalized spacial score (nSPS) is 13.1. The Balaban J connectivity index is 2.79. The Labute approximate surface area is 99.4 Å². The molecule has 17 heavy (non-hydrogen) atoms. The highest BCUT2D eigenvalue weighted by molar-refractivity contribution is 7.90. The van der Waals surface area contributed by atoms with E-state index in [0.717, 1.165) is 6.26 Å². The van der Waals surface area contributed by atoms with Gasteiger partial charge in [0.05, 0.1) is 4.90 Å². The molecule has 0 saturated heterocycles. The van der Waals surface area contributed by atoms with Crippen LogP contribution in [0.4, 0.5) is 5.69 Å². The van der Waals surface area contributed by atoms with Crippen molar-refractivity contribution < 1.29 is 18.3 Å². The van der Waals surface area contributed by atoms with Crippen molar-refractivity contribution in [2.24, 2.45) is 5.73 Å². The number of anilines is 1. The molecule has 1 unspecified atom stereocenters. The number of carbonyl (C=O) groups is 1. The highest BCUT2D eigenvalue weighted by atomic mass is 32.2. The van der Waals surface area contributed by atoms with Crippen LogP contribution in [0.25, 0.3) is 0 Å². The second-order valence-electron chi connectivity index (χ2n) is 3.54. The number of rotatable bonds is 4. The summed E-state index contributed by atoms with van der Waals surface area (Å²) in [5, 5.41) is 11.5. The van der Waals surface area contributed by atoms with Crippen LogP contribution in [0.2, 0.25) is 0 Å². The zero-order valence-electron chi connectivity index (χ0n) is 9.25. The first-order chi connectivity index (χ1) is 7.84. The standard InChI is InChI=1S/C10H14N2O4S/c1-17(15,16)8-4-2-7(3-5-8)12-10(14)9(13)6-11/h2-5,9,13H,6,11H2,1H3,(H,12,14). The number of nitrogens with two attached hydrogens (primary N) is 1. The van der Waals surface area contributed by atoms with Crippen molar-refractivity contribution in [1.29, 1.82) is 0 Å². The minimum atomic E-state index is -3.25. The summed E-state index contributed by atoms with van der Waals surface area (Å²) < 4.78 is 22.4. The van der Waals surface area contributed by atoms with Crippen LogP contribution in [0.5, 0.6) is 0 Å². The Morgan fingerprint density at radius 1 is 1.41 bits per heavy atom. The molecule has 0 saturated carbocycles. The predicted molar refractivity (Wildman–Crippen MR) is 63.2 cm³/mol. The maximum absolute atomic E-state index is 11.3. The van der Waals surface area contributed by atoms with Crippen molar-refractivity contribution in [2.75, 3.05) is 18.1 Å². The van der Waals surface area contributed by atoms with Crippen LogP contribution in [0, 0.1) is 0 Å². The Kier molecular flexibility index (Phi) is 4.22. The van der Waals surface area contributed by atoms with Crippen LogP contribution in [-0.4, -0.2) is 38.3 Å². The molecule has 0 aliphatic rings. The number of amides is 1. The molecule has 94 valence electrons. The van der Waals surface area contributed by atoms with E-state index < -0.39 is 21.8 Å². The monoisotopic (exact) mass is 258 g/mol. The van der Waals surface area contributed by atoms with Gasteiger partial charge in [0.2, 0.25) is 0 Å². The highest BCUT2D eigenvalue weighted by Crippen LogP contribution is 2.13. The van der Waals surface area contributed by atoms with Crippen molar-refractivity contribution in [2.45, 2.75) is 11.0 Å². The number of benzene rings is 1. The van der Waals surface area contributed by atoms with Crippen molar-refractivity contribution in [3.8, 4) is 0 Å². The first-order valence-electron chi connectivity index (χ1n) is 4.83. The molecule has 0 aliphatic carbocycles. The van der Waals surface area contributed by atoms with Crippen LogP contribution in [-0.2, 0) is 14.6 Å². The first kappa shape index (κ1) is 13.6. The molecule has 6 nitrogen and oxygen atoms in total. The SMILES string of the molecule is CS(=O)(=O)c1ccc(NC(=O)C(O)CN)cc1. The lowest BCUT2D eigenvalue weighted by Crippen LogP contribution is -2.34. The van der Waals surface area contributed by atoms with E-state index in [1.807, 2.05) is 0 Å². The molecule has 1 aromatic carbocycles. The summed E-state index contributed by atoms with van der Waals surface area (Å²) in [5.74, 6) is -0.625. The Morgan fingerprint density at radius 2 is 1.94 bits per heavy atom. The molecule has 0 aliphatic heterocycles. The number of hydrogen-bond donors (Lipinski definition) is 3. The maximum Gasteiger partial charge on any atom is 0.254 e. The molecule has 4 N–H and O–H groups in total. The van der Waals surface area contributed by atoms with E-state index in [1.54, 1.807) is 0 Å². The first-order valence-corrected chi connectivity index (χ1v) is 6.73. The second-order valence-corrected chi connectivity index (χ2v) is 5.55. The molecular weight excluding hydrogens is 244 g/mol. The zero-order valence-corrected chi connectivity index (χ0v) is 10.1. The van der Waals surface area contributed by atoms with Gasteiger partial charge in [0.1, 0.15) is 6.10 Å². The van der Waals surface area contributed by atoms with E-state index in [4.69, 9.17) is 10.8 Å². The fourth-order valence-corrected chi connectivity index (χ4v) is 1.75. The summed E-state index contributed by atoms with van der Waals surface area (Å²) in [6.45, 7) is -0.173. The number of hydrogen-bond acceptors (Lipinski definition) is 5. The molecule has 0 fully saturated rings. The molecule has 0 bridgehead atoms. The fraction of sp³-hybridized carbons (Fsp3) is 0.300. The lowest BCUT2D eigenvalue weighted by atomic mass is 10.3. The lowest BCUT2D eigenvalue weighted by molar-refractivity contribution is -0.123. The van der Waals surface area contributed by atoms with Crippen LogP contribution < -0.4 is 11.1 Å². The molecule has 0 aromatic heterocycles. The number of nitrogens with one attached hydrogen (secondary N) is 1. The van der Waals surface area contributed by atoms with E-state index >= 15 is 0 Å². The van der Waals surface area contributed by atoms with Crippen LogP contribution >= 0.6 is 0 Å². The molecule has 0 spiro atoms. The second kappa shape index (κ2) is 5.26. The van der Waals surface area contributed by atoms with Gasteiger partial charge in [-0.25, -0.2) is 8.42 Å². The van der Waals surface area contributed by atoms with Crippen LogP contribution in [0.3, 0.4) is 0 Å². The van der Waals surface area contributed by atoms with Gasteiger partial charge in [-0.05, 0) is 24.3 Å². The number of aliphatic hydroxyl groups is 1. The molecular formula is C10H14N2O4S. The van der Waals surface area contributed by atoms with Gasteiger partial charge in [0, 0.05) is 18.5 Å². The largest absolute Gasteiger partial charge is 0.382 e. The number of sulfone groups is 1. The summed E-state index contributed by atoms with van der Waals surface area (Å²) in [6.07, 6.45) is -0.178. The molecule has 1 aromatic rings. The number of carbonyl (C=O) groups excluding carboxylic acids is 1. The minimum Gasteiger partial charge on any atom is -0.382 e. The summed E-state index contributed by atoms with van der Waals surface area (Å²) in [4.78, 5) is 11.4. The third-order valence-electron chi connectivity index (χ3n) is 2.08. The zero-order chi connectivity index (χ0) is 13.1. The summed E-state index contributed by atoms with van der Waals surface area (Å²) >= 11 is 0. The average Bonchev–Trinajstić information content (AvgIpc) is 2.27. The summed E-state index contributed by atoms with van der Waals surface area (Å²) in [6, 6.07) is 5.63. The predicted octanol–water partition coefficient (Wildman–Crippen LogP) is -0.652. The molecule has 1 atom stereocenters. The highest BCUT2D eigenvalue weighted by Gasteiger charge is 2.13. The van der Waals surface area contributed by atoms with Crippen molar-refractivity contribution >= 4 is 21.4 Å². The number of aliphatic hydroxyl groups excluding tert-OH is 1. The fourth-order valence-electron chi connectivity index (χ4n) is 1.12. The lowest BCUT2D eigenvalue weighted by Gasteiger charge is -2.09. The van der Waals surface area contributed by atoms with Crippen molar-refractivity contribution in [3.05, 3.63) is 24.3 Å². The van der Waals surface area contributed by atoms with Gasteiger partial charge >= 0.3 is 0 Å². The topological polar surface area (TPSA) is 109 Å². The smallest absolute Gasteiger partial charge is 0.254 e. The van der Waals surface area contributed by atoms with Gasteiger partial charge in [-0.2, -0.15) is 0 Å². The van der Waals surface area contributed by atoms with Gasteiger partial charge in [-0.3, -0.25) is 4.79 Å². The molecule has 0 heterocycles. The Morgan fingerprint density at radius 3 is 2.35 bits per heavy atom. The quantitative estimate of drug-likeness (QED) is 0.664. The van der Waals surface area contributed by atoms with Crippen molar-refractivity contribution in [1.82, 2.24) is 0 Å². The molecule has 0 radical (unpaired) electrons. The summed E-state index contributed by atoms with van der Waals surface area (Å²) in [5.41, 5.74) is 5.52. The maximum atomic E-state index is 11.3. The van der Waals surface area contributed by atoms with E-state index in [2.05, 4.69) is 5.32 Å². The van der Waals surface area contributed by atoms with Crippen LogP contribution in [0.1, 0.15) is 0 Å². The van der Waals surface area contributed by atoms with Crippen LogP contribution in [0.15, 0.2) is 29.2 Å². The van der Waals surface area contributed by atoms with Gasteiger partial charge in [0.25, 0.3) is 5.91 Å². The van der Waals surface area contributed by atoms with Gasteiger partial charge in [-0.15, -0.1) is 0 Å². The van der Waals surface area contributed by atoms with Gasteiger partial charge < -0.3 is 16.2 Å². The third kappa shape index (κ3) is 3.81. The third-order valence-corrected chi connectivity index (χ3v) is 3.20. The Bertz CT molecular complexity index is 496. The minimum absolute atomic E-state index is 0.162. The summed E-state index contributed by atoms with van der Waals surface area (Å²) in [7, 11) is -3.25. The average molecular weight is 258 g/mol. The van der Waals surface area contributed by atoms with E-state index in [-0.39, 0.29) is 11.4 Å². The molecule has 1 rings (SSSR count). The van der Waals surface area contributed by atoms with E-state index in [0.29, 0.717) is 5.69 Å². The van der Waals surface area contributed by atoms with Crippen molar-refractivity contribution in [3.63, 3.8) is 0 Å². The molecule has 7 heteroatoms. The molecule has 1 amide bonds. The van der Waals surface area contributed by atoms with E-state index in [9.17, 15) is 13.2 Å². The van der Waals surface area contributed by atoms with Gasteiger partial charge in [-0.1, -0.05) is 0 Å². The van der Waals surface area contributed by atoms with Gasteiger partial charge in [0.15, 0.2) is 9.84 Å². The van der Waals surface area contributed by atoms with E-state index in [1.165, 1.54) is 24.3 Å². The Hall–Kier alpha value is -1.44.